The van der Waals surface area contributed by atoms with Crippen molar-refractivity contribution < 1.29 is 18.8 Å². The molecule has 268 valence electrons. The topological polar surface area (TPSA) is 33.9 Å². The lowest BCUT2D eigenvalue weighted by atomic mass is 9.81. The van der Waals surface area contributed by atoms with Gasteiger partial charge in [0, 0.05) is 77.9 Å². The highest BCUT2D eigenvalue weighted by Gasteiger charge is 2.45. The van der Waals surface area contributed by atoms with Crippen LogP contribution < -0.4 is 9.64 Å². The van der Waals surface area contributed by atoms with E-state index in [1.165, 1.54) is 55.5 Å². The Kier molecular flexibility index (Phi) is 11.8. The van der Waals surface area contributed by atoms with Crippen molar-refractivity contribution in [3.63, 3.8) is 0 Å². The Hall–Kier alpha value is -3.32. The molecule has 0 fully saturated rings. The van der Waals surface area contributed by atoms with E-state index in [4.69, 9.17) is 14.2 Å². The molecular formula is C44H59N2O3S+. The largest absolute Gasteiger partial charge is 0.497 e. The van der Waals surface area contributed by atoms with Crippen molar-refractivity contribution in [3.8, 4) is 5.75 Å². The van der Waals surface area contributed by atoms with Crippen LogP contribution in [0.4, 0.5) is 11.4 Å². The van der Waals surface area contributed by atoms with E-state index in [2.05, 4.69) is 131 Å². The Morgan fingerprint density at radius 2 is 1.64 bits per heavy atom. The summed E-state index contributed by atoms with van der Waals surface area (Å²) in [5, 5.41) is 0. The zero-order valence-corrected chi connectivity index (χ0v) is 33.1. The molecule has 0 unspecified atom stereocenters. The number of benzene rings is 2. The van der Waals surface area contributed by atoms with Crippen LogP contribution in [-0.4, -0.2) is 62.7 Å². The van der Waals surface area contributed by atoms with E-state index in [1.807, 2.05) is 11.8 Å². The van der Waals surface area contributed by atoms with Gasteiger partial charge in [0.25, 0.3) is 0 Å². The van der Waals surface area contributed by atoms with E-state index >= 15 is 0 Å². The van der Waals surface area contributed by atoms with Crippen LogP contribution in [0.25, 0.3) is 0 Å². The van der Waals surface area contributed by atoms with Crippen molar-refractivity contribution in [3.05, 3.63) is 112 Å². The number of hydrogen-bond acceptors (Lipinski definition) is 5. The second-order valence-corrected chi connectivity index (χ2v) is 17.0. The highest BCUT2D eigenvalue weighted by Crippen LogP contribution is 2.50. The van der Waals surface area contributed by atoms with Crippen molar-refractivity contribution in [2.45, 2.75) is 89.7 Å². The Morgan fingerprint density at radius 3 is 2.34 bits per heavy atom. The van der Waals surface area contributed by atoms with Gasteiger partial charge in [-0.05, 0) is 94.9 Å². The summed E-state index contributed by atoms with van der Waals surface area (Å²) in [6.45, 7) is 23.6. The molecule has 50 heavy (non-hydrogen) atoms. The third kappa shape index (κ3) is 7.63. The number of ether oxygens (including phenoxy) is 3. The summed E-state index contributed by atoms with van der Waals surface area (Å²) in [7, 11) is 5.31. The molecule has 0 saturated heterocycles. The van der Waals surface area contributed by atoms with Crippen LogP contribution in [0, 0.1) is 6.92 Å². The molecule has 0 saturated carbocycles. The summed E-state index contributed by atoms with van der Waals surface area (Å²) >= 11 is 1.93. The van der Waals surface area contributed by atoms with Gasteiger partial charge < -0.3 is 19.1 Å². The number of thioether (sulfide) groups is 1. The lowest BCUT2D eigenvalue weighted by molar-refractivity contribution is -0.438. The maximum Gasteiger partial charge on any atom is 0.210 e. The van der Waals surface area contributed by atoms with E-state index in [0.29, 0.717) is 0 Å². The first-order valence-corrected chi connectivity index (χ1v) is 19.0. The fourth-order valence-electron chi connectivity index (χ4n) is 7.60. The van der Waals surface area contributed by atoms with Gasteiger partial charge in [0.2, 0.25) is 5.69 Å². The summed E-state index contributed by atoms with van der Waals surface area (Å²) < 4.78 is 18.9. The van der Waals surface area contributed by atoms with Crippen LogP contribution in [0.5, 0.6) is 5.75 Å². The average molecular weight is 696 g/mol. The molecule has 1 aliphatic carbocycles. The SMILES string of the molecule is C=CC(C)(C)SC1=C(/C=C/C2=[N+](CCCOC)c3ccc(OC)cc3C2(C)C)CC/C1=C\C=C1\N(CCCOC)c2ccc(C)cc2C1(C)C. The van der Waals surface area contributed by atoms with Gasteiger partial charge in [-0.2, -0.15) is 4.58 Å². The van der Waals surface area contributed by atoms with Crippen molar-refractivity contribution in [2.24, 2.45) is 0 Å². The van der Waals surface area contributed by atoms with Gasteiger partial charge in [-0.25, -0.2) is 0 Å². The lowest BCUT2D eigenvalue weighted by Gasteiger charge is -2.27. The smallest absolute Gasteiger partial charge is 0.210 e. The minimum absolute atomic E-state index is 0.0983. The summed E-state index contributed by atoms with van der Waals surface area (Å²) in [5.41, 5.74) is 11.8. The maximum atomic E-state index is 5.65. The second kappa shape index (κ2) is 15.5. The lowest BCUT2D eigenvalue weighted by Crippen LogP contribution is -2.28. The molecule has 5 rings (SSSR count). The van der Waals surface area contributed by atoms with Gasteiger partial charge in [0.15, 0.2) is 12.3 Å². The molecule has 0 radical (unpaired) electrons. The van der Waals surface area contributed by atoms with Crippen LogP contribution >= 0.6 is 11.8 Å². The van der Waals surface area contributed by atoms with E-state index in [9.17, 15) is 0 Å². The molecular weight excluding hydrogens is 637 g/mol. The first kappa shape index (κ1) is 37.9. The molecule has 0 bridgehead atoms. The molecule has 2 heterocycles. The van der Waals surface area contributed by atoms with Crippen LogP contribution in [-0.2, 0) is 20.3 Å². The number of methoxy groups -OCH3 is 3. The molecule has 5 nitrogen and oxygen atoms in total. The number of rotatable bonds is 15. The van der Waals surface area contributed by atoms with Crippen molar-refractivity contribution >= 4 is 28.8 Å². The molecule has 0 atom stereocenters. The van der Waals surface area contributed by atoms with Gasteiger partial charge >= 0.3 is 0 Å². The zero-order valence-electron chi connectivity index (χ0n) is 32.2. The highest BCUT2D eigenvalue weighted by atomic mass is 32.2. The number of fused-ring (bicyclic) bond motifs is 2. The summed E-state index contributed by atoms with van der Waals surface area (Å²) in [5.74, 6) is 0.896. The standard InChI is InChI=1S/C44H59N2O3S/c1-12-42(3,4)50-41-32(18-23-39-43(5,6)35-29-31(2)15-21-37(35)45(39)25-13-27-47-9)16-17-33(41)19-24-40-44(7,8)36-30-34(49-11)20-22-38(36)46(40)26-14-28-48-10/h12,15,18-24,29-30H,1,13-14,16-17,25-28H2,2-11H3/q+1. The predicted octanol–water partition coefficient (Wildman–Crippen LogP) is 10.4. The molecule has 2 aromatic carbocycles. The first-order chi connectivity index (χ1) is 23.8. The molecule has 0 N–H and O–H groups in total. The molecule has 6 heteroatoms. The van der Waals surface area contributed by atoms with Crippen molar-refractivity contribution in [1.29, 1.82) is 0 Å². The van der Waals surface area contributed by atoms with E-state index in [1.54, 1.807) is 21.3 Å². The normalized spacial score (nSPS) is 19.8. The van der Waals surface area contributed by atoms with Crippen molar-refractivity contribution in [1.82, 2.24) is 0 Å². The van der Waals surface area contributed by atoms with Gasteiger partial charge in [-0.3, -0.25) is 0 Å². The summed E-state index contributed by atoms with van der Waals surface area (Å²) in [4.78, 5) is 3.90. The third-order valence-electron chi connectivity index (χ3n) is 10.6. The van der Waals surface area contributed by atoms with E-state index in [0.717, 1.165) is 57.7 Å². The summed E-state index contributed by atoms with van der Waals surface area (Å²) in [6, 6.07) is 13.4. The van der Waals surface area contributed by atoms with Crippen LogP contribution in [0.2, 0.25) is 0 Å². The third-order valence-corrected chi connectivity index (χ3v) is 12.0. The van der Waals surface area contributed by atoms with E-state index < -0.39 is 0 Å². The fourth-order valence-corrected chi connectivity index (χ4v) is 8.81. The first-order valence-electron chi connectivity index (χ1n) is 18.1. The predicted molar refractivity (Wildman–Crippen MR) is 214 cm³/mol. The zero-order chi connectivity index (χ0) is 36.3. The van der Waals surface area contributed by atoms with Gasteiger partial charge in [-0.1, -0.05) is 49.8 Å². The molecule has 2 aliphatic heterocycles. The number of allylic oxidation sites excluding steroid dienone is 7. The number of nitrogens with zero attached hydrogens (tertiary/aromatic N) is 2. The molecule has 2 aromatic rings. The molecule has 0 spiro atoms. The highest BCUT2D eigenvalue weighted by molar-refractivity contribution is 8.04. The Morgan fingerprint density at radius 1 is 0.900 bits per heavy atom. The molecule has 0 amide bonds. The summed E-state index contributed by atoms with van der Waals surface area (Å²) in [6.07, 6.45) is 15.6. The average Bonchev–Trinajstić information content (AvgIpc) is 3.63. The number of aryl methyl sites for hydroxylation is 1. The van der Waals surface area contributed by atoms with E-state index in [-0.39, 0.29) is 15.6 Å². The second-order valence-electron chi connectivity index (χ2n) is 15.4. The Balaban J connectivity index is 1.57. The number of anilines is 1. The van der Waals surface area contributed by atoms with Crippen LogP contribution in [0.15, 0.2) is 95.1 Å². The van der Waals surface area contributed by atoms with Crippen molar-refractivity contribution in [2.75, 3.05) is 52.5 Å². The Labute approximate surface area is 306 Å². The molecule has 3 aliphatic rings. The van der Waals surface area contributed by atoms with Gasteiger partial charge in [0.1, 0.15) is 5.75 Å². The molecule has 0 aromatic heterocycles. The van der Waals surface area contributed by atoms with Gasteiger partial charge in [-0.15, -0.1) is 18.3 Å². The quantitative estimate of drug-likeness (QED) is 0.105. The minimum Gasteiger partial charge on any atom is -0.497 e. The van der Waals surface area contributed by atoms with Crippen LogP contribution in [0.3, 0.4) is 0 Å². The monoisotopic (exact) mass is 695 g/mol. The Bertz CT molecular complexity index is 1750. The number of hydrogen-bond donors (Lipinski definition) is 0. The fraction of sp³-hybridized carbons (Fsp3) is 0.477. The van der Waals surface area contributed by atoms with Crippen LogP contribution in [0.1, 0.15) is 83.9 Å². The maximum absolute atomic E-state index is 5.65. The van der Waals surface area contributed by atoms with Gasteiger partial charge in [0.05, 0.1) is 19.1 Å². The minimum atomic E-state index is -0.170.